The van der Waals surface area contributed by atoms with Gasteiger partial charge in [-0.3, -0.25) is 4.57 Å². The Morgan fingerprint density at radius 2 is 1.27 bits per heavy atom. The molecular formula is C10H24NaO3P. The van der Waals surface area contributed by atoms with Crippen LogP contribution in [0.5, 0.6) is 0 Å². The Bertz CT molecular complexity index is 170. The average Bonchev–Trinajstić information content (AvgIpc) is 2.08. The molecule has 88 valence electrons. The second-order valence-electron chi connectivity index (χ2n) is 3.86. The summed E-state index contributed by atoms with van der Waals surface area (Å²) in [6.45, 7) is 2.19. The molecule has 0 aliphatic carbocycles. The van der Waals surface area contributed by atoms with Crippen LogP contribution >= 0.6 is 7.60 Å². The van der Waals surface area contributed by atoms with Crippen LogP contribution in [0, 0.1) is 0 Å². The summed E-state index contributed by atoms with van der Waals surface area (Å²) in [6.07, 6.45) is 9.14. The topological polar surface area (TPSA) is 57.5 Å². The van der Waals surface area contributed by atoms with Gasteiger partial charge in [-0.05, 0) is 6.42 Å². The zero-order valence-corrected chi connectivity index (χ0v) is 10.0. The Morgan fingerprint density at radius 3 is 1.67 bits per heavy atom. The third-order valence-corrected chi connectivity index (χ3v) is 3.20. The van der Waals surface area contributed by atoms with Gasteiger partial charge in [0.2, 0.25) is 0 Å². The van der Waals surface area contributed by atoms with Crippen LogP contribution in [-0.2, 0) is 4.57 Å². The van der Waals surface area contributed by atoms with Gasteiger partial charge in [0, 0.05) is 6.16 Å². The van der Waals surface area contributed by atoms with E-state index in [1.165, 1.54) is 32.1 Å². The zero-order chi connectivity index (χ0) is 10.9. The van der Waals surface area contributed by atoms with Crippen molar-refractivity contribution in [1.82, 2.24) is 0 Å². The normalized spacial score (nSPS) is 11.1. The van der Waals surface area contributed by atoms with Gasteiger partial charge in [-0.1, -0.05) is 51.9 Å². The fraction of sp³-hybridized carbons (Fsp3) is 1.00. The van der Waals surface area contributed by atoms with E-state index in [9.17, 15) is 4.57 Å². The van der Waals surface area contributed by atoms with E-state index in [4.69, 9.17) is 9.79 Å². The Labute approximate surface area is 115 Å². The Kier molecular flexibility index (Phi) is 14.4. The quantitative estimate of drug-likeness (QED) is 0.373. The van der Waals surface area contributed by atoms with Crippen molar-refractivity contribution in [2.75, 3.05) is 6.16 Å². The van der Waals surface area contributed by atoms with E-state index < -0.39 is 7.60 Å². The second kappa shape index (κ2) is 11.6. The third-order valence-electron chi connectivity index (χ3n) is 2.30. The van der Waals surface area contributed by atoms with Crippen LogP contribution in [0.2, 0.25) is 0 Å². The third kappa shape index (κ3) is 17.7. The zero-order valence-electron chi connectivity index (χ0n) is 9.11. The predicted octanol–water partition coefficient (Wildman–Crippen LogP) is 2.66. The van der Waals surface area contributed by atoms with Crippen LogP contribution in [-0.4, -0.2) is 45.5 Å². The van der Waals surface area contributed by atoms with Gasteiger partial charge in [-0.15, -0.1) is 0 Å². The summed E-state index contributed by atoms with van der Waals surface area (Å²) in [5, 5.41) is 0. The van der Waals surface area contributed by atoms with E-state index in [0.29, 0.717) is 6.42 Å². The summed E-state index contributed by atoms with van der Waals surface area (Å²) in [5.41, 5.74) is 0. The molecule has 2 N–H and O–H groups in total. The van der Waals surface area contributed by atoms with Crippen molar-refractivity contribution in [1.29, 1.82) is 0 Å². The molecule has 0 saturated carbocycles. The first-order chi connectivity index (χ1) is 6.56. The van der Waals surface area contributed by atoms with Crippen molar-refractivity contribution < 1.29 is 14.4 Å². The maximum absolute atomic E-state index is 10.5. The Morgan fingerprint density at radius 1 is 0.867 bits per heavy atom. The minimum atomic E-state index is -3.73. The number of hydrogen-bond donors (Lipinski definition) is 2. The van der Waals surface area contributed by atoms with Crippen molar-refractivity contribution in [3.8, 4) is 0 Å². The molecular weight excluding hydrogens is 222 g/mol. The van der Waals surface area contributed by atoms with E-state index in [0.717, 1.165) is 12.8 Å². The van der Waals surface area contributed by atoms with Crippen molar-refractivity contribution in [2.24, 2.45) is 0 Å². The fourth-order valence-corrected chi connectivity index (χ4v) is 2.09. The molecule has 0 amide bonds. The van der Waals surface area contributed by atoms with Gasteiger partial charge in [-0.25, -0.2) is 0 Å². The molecule has 0 spiro atoms. The minimum absolute atomic E-state index is 0. The van der Waals surface area contributed by atoms with E-state index in [1.54, 1.807) is 0 Å². The van der Waals surface area contributed by atoms with Gasteiger partial charge in [0.05, 0.1) is 0 Å². The average molecular weight is 246 g/mol. The summed E-state index contributed by atoms with van der Waals surface area (Å²) >= 11 is 0. The standard InChI is InChI=1S/C10H23O3P.Na.H/c1-2-3-4-5-6-7-8-9-10-14(11,12)13;;/h2-10H2,1H3,(H2,11,12,13);;. The van der Waals surface area contributed by atoms with Crippen LogP contribution in [0.1, 0.15) is 58.3 Å². The van der Waals surface area contributed by atoms with Gasteiger partial charge in [0.1, 0.15) is 0 Å². The van der Waals surface area contributed by atoms with Gasteiger partial charge in [0.15, 0.2) is 0 Å². The van der Waals surface area contributed by atoms with Gasteiger partial charge >= 0.3 is 37.2 Å². The molecule has 0 fully saturated rings. The van der Waals surface area contributed by atoms with Crippen LogP contribution in [0.4, 0.5) is 0 Å². The maximum atomic E-state index is 10.5. The molecule has 0 aromatic rings. The molecule has 15 heavy (non-hydrogen) atoms. The van der Waals surface area contributed by atoms with Crippen molar-refractivity contribution in [3.05, 3.63) is 0 Å². The molecule has 5 heteroatoms. The molecule has 0 bridgehead atoms. The molecule has 0 radical (unpaired) electrons. The SMILES string of the molecule is CCCCCCCCCCP(=O)(O)O.[NaH]. The van der Waals surface area contributed by atoms with E-state index in [-0.39, 0.29) is 35.7 Å². The molecule has 0 aromatic heterocycles. The number of unbranched alkanes of at least 4 members (excludes halogenated alkanes) is 7. The first-order valence-electron chi connectivity index (χ1n) is 5.61. The van der Waals surface area contributed by atoms with Crippen LogP contribution in [0.15, 0.2) is 0 Å². The van der Waals surface area contributed by atoms with Gasteiger partial charge in [-0.2, -0.15) is 0 Å². The Balaban J connectivity index is 0. The monoisotopic (exact) mass is 246 g/mol. The van der Waals surface area contributed by atoms with Gasteiger partial charge in [0.25, 0.3) is 0 Å². The predicted molar refractivity (Wildman–Crippen MR) is 66.7 cm³/mol. The summed E-state index contributed by atoms with van der Waals surface area (Å²) in [7, 11) is -3.73. The summed E-state index contributed by atoms with van der Waals surface area (Å²) in [6, 6.07) is 0. The number of rotatable bonds is 9. The fourth-order valence-electron chi connectivity index (χ4n) is 1.45. The first-order valence-corrected chi connectivity index (χ1v) is 7.40. The van der Waals surface area contributed by atoms with E-state index in [2.05, 4.69) is 6.92 Å². The molecule has 0 aromatic carbocycles. The van der Waals surface area contributed by atoms with Crippen LogP contribution < -0.4 is 0 Å². The second-order valence-corrected chi connectivity index (χ2v) is 5.64. The van der Waals surface area contributed by atoms with E-state index >= 15 is 0 Å². The molecule has 0 aliphatic heterocycles. The molecule has 0 rings (SSSR count). The summed E-state index contributed by atoms with van der Waals surface area (Å²) in [5.74, 6) is 0. The Hall–Kier alpha value is 1.15. The van der Waals surface area contributed by atoms with Crippen LogP contribution in [0.25, 0.3) is 0 Å². The van der Waals surface area contributed by atoms with Crippen molar-refractivity contribution in [2.45, 2.75) is 58.3 Å². The molecule has 0 aliphatic rings. The molecule has 3 nitrogen and oxygen atoms in total. The summed E-state index contributed by atoms with van der Waals surface area (Å²) < 4.78 is 10.5. The van der Waals surface area contributed by atoms with Crippen molar-refractivity contribution >= 4 is 37.2 Å². The number of hydrogen-bond acceptors (Lipinski definition) is 1. The summed E-state index contributed by atoms with van der Waals surface area (Å²) in [4.78, 5) is 17.2. The molecule has 0 saturated heterocycles. The van der Waals surface area contributed by atoms with E-state index in [1.807, 2.05) is 0 Å². The first kappa shape index (κ1) is 18.5. The van der Waals surface area contributed by atoms with Crippen LogP contribution in [0.3, 0.4) is 0 Å². The molecule has 0 heterocycles. The molecule has 0 unspecified atom stereocenters. The van der Waals surface area contributed by atoms with Crippen molar-refractivity contribution in [3.63, 3.8) is 0 Å². The molecule has 0 atom stereocenters. The van der Waals surface area contributed by atoms with Gasteiger partial charge < -0.3 is 9.79 Å².